The number of halogens is 1. The molecular formula is C46H51ClN8O7S2. The molecule has 1 aliphatic carbocycles. The molecule has 64 heavy (non-hydrogen) atoms. The van der Waals surface area contributed by atoms with Gasteiger partial charge in [0.2, 0.25) is 0 Å². The molecule has 0 radical (unpaired) electrons. The minimum absolute atomic E-state index is 0.118. The molecule has 4 aliphatic rings. The first-order valence-electron chi connectivity index (χ1n) is 21.6. The van der Waals surface area contributed by atoms with E-state index in [0.29, 0.717) is 37.8 Å². The molecule has 2 aromatic heterocycles. The maximum atomic E-state index is 14.3. The van der Waals surface area contributed by atoms with Crippen molar-refractivity contribution in [3.63, 3.8) is 0 Å². The quantitative estimate of drug-likeness (QED) is 0.0810. The summed E-state index contributed by atoms with van der Waals surface area (Å²) in [4.78, 5) is 40.3. The number of nitrogens with zero attached hydrogens (tertiary/aromatic N) is 5. The summed E-state index contributed by atoms with van der Waals surface area (Å²) in [6.45, 7) is 10.8. The minimum Gasteiger partial charge on any atom is -0.377 e. The number of anilines is 4. The molecule has 0 spiro atoms. The molecule has 2 fully saturated rings. The second-order valence-electron chi connectivity index (χ2n) is 17.4. The van der Waals surface area contributed by atoms with Crippen LogP contribution in [0, 0.1) is 15.5 Å². The van der Waals surface area contributed by atoms with Crippen LogP contribution in [0.15, 0.2) is 94.5 Å². The average molecular weight is 928 g/mol. The van der Waals surface area contributed by atoms with Crippen molar-refractivity contribution in [1.82, 2.24) is 19.6 Å². The number of nitro groups is 1. The molecule has 9 rings (SSSR count). The van der Waals surface area contributed by atoms with Gasteiger partial charge in [-0.15, -0.1) is 11.8 Å². The molecule has 1 amide bonds. The van der Waals surface area contributed by atoms with Crippen LogP contribution in [-0.2, 0) is 19.5 Å². The van der Waals surface area contributed by atoms with Crippen molar-refractivity contribution >= 4 is 84.3 Å². The molecule has 15 nitrogen and oxygen atoms in total. The average Bonchev–Trinajstić information content (AvgIpc) is 3.76. The van der Waals surface area contributed by atoms with Crippen LogP contribution in [0.1, 0.15) is 49.0 Å². The summed E-state index contributed by atoms with van der Waals surface area (Å²) in [5, 5.41) is 17.6. The van der Waals surface area contributed by atoms with E-state index in [1.807, 2.05) is 47.5 Å². The van der Waals surface area contributed by atoms with Crippen LogP contribution in [0.25, 0.3) is 16.6 Å². The zero-order valence-electron chi connectivity index (χ0n) is 35.8. The van der Waals surface area contributed by atoms with Gasteiger partial charge in [-0.1, -0.05) is 43.2 Å². The van der Waals surface area contributed by atoms with E-state index in [0.717, 1.165) is 90.5 Å². The first kappa shape index (κ1) is 44.1. The third kappa shape index (κ3) is 9.60. The normalized spacial score (nSPS) is 19.4. The van der Waals surface area contributed by atoms with E-state index in [2.05, 4.69) is 50.8 Å². The fraction of sp³-hybridized carbons (Fsp3) is 0.391. The number of H-pyrrole nitrogens is 1. The maximum Gasteiger partial charge on any atom is 0.293 e. The monoisotopic (exact) mass is 926 g/mol. The number of carbonyl (C=O) groups excluding carboxylic acids is 1. The number of hydrogen-bond acceptors (Lipinski definition) is 13. The standard InChI is InChI=1S/C46H51ClN8O7S2/c1-46(2)13-11-32(38(26-46)30-3-5-33(47)6-4-30)28-52-15-17-53(18-16-52)34-7-9-37(40(24-34)54-19-22-63-45-42(54)23-31-12-14-48-43(31)50-45)44(56)51-64(59,60)36-8-10-39(41(25-36)55(57)58)49-27-35-29-61-20-21-62-35/h3-10,12,14,23-25,35,49H,11,13,15-22,26-29H2,1-2H3,(H,48,50)(H,51,56). The number of piperazine rings is 1. The van der Waals surface area contributed by atoms with Gasteiger partial charge < -0.3 is 29.6 Å². The Morgan fingerprint density at radius 2 is 1.83 bits per heavy atom. The number of benzene rings is 3. The number of pyridine rings is 1. The number of allylic oxidation sites excluding steroid dienone is 1. The largest absolute Gasteiger partial charge is 0.377 e. The lowest BCUT2D eigenvalue weighted by molar-refractivity contribution is -0.384. The number of thioether (sulfide) groups is 1. The number of hydrogen-bond donors (Lipinski definition) is 3. The van der Waals surface area contributed by atoms with Crippen molar-refractivity contribution in [1.29, 1.82) is 0 Å². The van der Waals surface area contributed by atoms with Crippen LogP contribution in [0.5, 0.6) is 0 Å². The molecule has 5 aromatic rings. The Labute approximate surface area is 381 Å². The Morgan fingerprint density at radius 3 is 2.59 bits per heavy atom. The van der Waals surface area contributed by atoms with Crippen LogP contribution in [-0.4, -0.2) is 112 Å². The second-order valence-corrected chi connectivity index (χ2v) is 20.6. The van der Waals surface area contributed by atoms with Crippen LogP contribution >= 0.6 is 23.4 Å². The van der Waals surface area contributed by atoms with Crippen molar-refractivity contribution in [2.45, 2.75) is 49.1 Å². The van der Waals surface area contributed by atoms with E-state index >= 15 is 0 Å². The molecule has 3 N–H and O–H groups in total. The van der Waals surface area contributed by atoms with Gasteiger partial charge in [0.1, 0.15) is 16.4 Å². The van der Waals surface area contributed by atoms with Crippen molar-refractivity contribution in [3.05, 3.63) is 111 Å². The summed E-state index contributed by atoms with van der Waals surface area (Å²) < 4.78 is 41.0. The zero-order chi connectivity index (χ0) is 44.6. The van der Waals surface area contributed by atoms with Crippen molar-refractivity contribution in [3.8, 4) is 0 Å². The highest BCUT2D eigenvalue weighted by Crippen LogP contribution is 2.44. The van der Waals surface area contributed by atoms with Gasteiger partial charge in [0.15, 0.2) is 0 Å². The van der Waals surface area contributed by atoms with E-state index in [4.69, 9.17) is 26.1 Å². The molecule has 0 bridgehead atoms. The number of sulfonamides is 1. The molecule has 1 unspecified atom stereocenters. The number of carbonyl (C=O) groups is 1. The van der Waals surface area contributed by atoms with Crippen LogP contribution in [0.4, 0.5) is 28.4 Å². The predicted octanol–water partition coefficient (Wildman–Crippen LogP) is 8.10. The van der Waals surface area contributed by atoms with Gasteiger partial charge in [0, 0.05) is 79.9 Å². The number of ether oxygens (including phenoxy) is 2. The molecule has 336 valence electrons. The molecular weight excluding hydrogens is 876 g/mol. The highest BCUT2D eigenvalue weighted by Gasteiger charge is 2.32. The van der Waals surface area contributed by atoms with Gasteiger partial charge in [0.25, 0.3) is 21.6 Å². The third-order valence-electron chi connectivity index (χ3n) is 12.5. The lowest BCUT2D eigenvalue weighted by atomic mass is 9.72. The second kappa shape index (κ2) is 18.4. The van der Waals surface area contributed by atoms with Crippen LogP contribution in [0.3, 0.4) is 0 Å². The number of rotatable bonds is 12. The highest BCUT2D eigenvalue weighted by atomic mass is 35.5. The van der Waals surface area contributed by atoms with Crippen molar-refractivity contribution < 1.29 is 27.6 Å². The smallest absolute Gasteiger partial charge is 0.293 e. The third-order valence-corrected chi connectivity index (χ3v) is 15.0. The highest BCUT2D eigenvalue weighted by molar-refractivity contribution is 7.99. The Hall–Kier alpha value is -5.17. The molecule has 1 atom stereocenters. The van der Waals surface area contributed by atoms with E-state index in [-0.39, 0.29) is 29.3 Å². The first-order chi connectivity index (χ1) is 30.8. The summed E-state index contributed by atoms with van der Waals surface area (Å²) in [5.74, 6) is -0.176. The van der Waals surface area contributed by atoms with Gasteiger partial charge in [-0.05, 0) is 90.4 Å². The number of fused-ring (bicyclic) bond motifs is 2. The van der Waals surface area contributed by atoms with Gasteiger partial charge in [-0.2, -0.15) is 0 Å². The number of aromatic amines is 1. The van der Waals surface area contributed by atoms with Crippen molar-refractivity contribution in [2.75, 3.05) is 86.5 Å². The first-order valence-corrected chi connectivity index (χ1v) is 24.4. The zero-order valence-corrected chi connectivity index (χ0v) is 38.2. The molecule has 3 aromatic carbocycles. The molecule has 0 saturated carbocycles. The number of nitrogens with one attached hydrogen (secondary N) is 3. The van der Waals surface area contributed by atoms with Gasteiger partial charge >= 0.3 is 0 Å². The van der Waals surface area contributed by atoms with E-state index in [9.17, 15) is 23.3 Å². The molecule has 3 aliphatic heterocycles. The summed E-state index contributed by atoms with van der Waals surface area (Å²) >= 11 is 7.89. The van der Waals surface area contributed by atoms with E-state index in [1.165, 1.54) is 28.8 Å². The fourth-order valence-electron chi connectivity index (χ4n) is 8.98. The SMILES string of the molecule is CC1(C)CCC(CN2CCN(c3ccc(C(=O)NS(=O)(=O)c4ccc(NCC5COCCO5)c([N+](=O)[O-])c4)c(N4CCSc5nc6[nH]ccc6cc54)c3)CC2)=C(c2ccc(Cl)cc2)C1. The summed E-state index contributed by atoms with van der Waals surface area (Å²) in [6, 6.07) is 21.2. The Kier molecular flexibility index (Phi) is 12.6. The minimum atomic E-state index is -4.57. The lowest BCUT2D eigenvalue weighted by Crippen LogP contribution is -2.47. The van der Waals surface area contributed by atoms with E-state index in [1.54, 1.807) is 17.8 Å². The van der Waals surface area contributed by atoms with Gasteiger partial charge in [-0.3, -0.25) is 19.8 Å². The lowest BCUT2D eigenvalue weighted by Gasteiger charge is -2.40. The Morgan fingerprint density at radius 1 is 1.02 bits per heavy atom. The Bertz CT molecular complexity index is 2710. The van der Waals surface area contributed by atoms with Gasteiger partial charge in [0.05, 0.1) is 52.7 Å². The van der Waals surface area contributed by atoms with E-state index < -0.39 is 31.4 Å². The van der Waals surface area contributed by atoms with Crippen LogP contribution in [0.2, 0.25) is 5.02 Å². The van der Waals surface area contributed by atoms with Crippen molar-refractivity contribution in [2.24, 2.45) is 5.41 Å². The van der Waals surface area contributed by atoms with Gasteiger partial charge in [-0.25, -0.2) is 18.1 Å². The topological polar surface area (TPSA) is 175 Å². The number of amides is 1. The molecule has 5 heterocycles. The molecule has 2 saturated heterocycles. The number of aromatic nitrogens is 2. The summed E-state index contributed by atoms with van der Waals surface area (Å²) in [5.41, 5.74) is 7.19. The summed E-state index contributed by atoms with van der Waals surface area (Å²) in [7, 11) is -4.57. The fourth-order valence-corrected chi connectivity index (χ4v) is 11.0. The maximum absolute atomic E-state index is 14.3. The number of nitro benzene ring substituents is 1. The predicted molar refractivity (Wildman–Crippen MR) is 252 cm³/mol. The summed E-state index contributed by atoms with van der Waals surface area (Å²) in [6.07, 6.45) is 4.74. The molecule has 18 heteroatoms. The Balaban J connectivity index is 0.975. The van der Waals surface area contributed by atoms with Crippen LogP contribution < -0.4 is 19.8 Å².